The van der Waals surface area contributed by atoms with E-state index in [9.17, 15) is 19.8 Å². The Morgan fingerprint density at radius 3 is 2.41 bits per heavy atom. The maximum absolute atomic E-state index is 12.1. The van der Waals surface area contributed by atoms with E-state index in [0.29, 0.717) is 25.8 Å². The van der Waals surface area contributed by atoms with Gasteiger partial charge in [0.1, 0.15) is 5.75 Å². The third-order valence-electron chi connectivity index (χ3n) is 3.45. The Morgan fingerprint density at radius 1 is 1.05 bits per heavy atom. The second-order valence-corrected chi connectivity index (χ2v) is 5.16. The minimum atomic E-state index is -1.05. The number of aliphatic carboxylic acids is 1. The molecule has 0 aromatic heterocycles. The van der Waals surface area contributed by atoms with E-state index >= 15 is 0 Å². The number of hydrogen-bond donors (Lipinski definition) is 2. The number of carboxylic acid groups (broad SMARTS) is 1. The number of rotatable bonds is 7. The molecule has 0 aliphatic rings. The van der Waals surface area contributed by atoms with E-state index in [2.05, 4.69) is 5.32 Å². The summed E-state index contributed by atoms with van der Waals surface area (Å²) in [7, 11) is 0. The van der Waals surface area contributed by atoms with Gasteiger partial charge in [0.25, 0.3) is 5.91 Å². The molecular formula is C17H18NO4-. The van der Waals surface area contributed by atoms with E-state index in [-0.39, 0.29) is 23.6 Å². The van der Waals surface area contributed by atoms with E-state index in [1.54, 1.807) is 12.1 Å². The Labute approximate surface area is 128 Å². The number of fused-ring (bicyclic) bond motifs is 1. The third kappa shape index (κ3) is 4.22. The highest BCUT2D eigenvalue weighted by atomic mass is 16.4. The summed E-state index contributed by atoms with van der Waals surface area (Å²) in [6.45, 7) is 0.443. The van der Waals surface area contributed by atoms with Gasteiger partial charge in [-0.05, 0) is 42.2 Å². The van der Waals surface area contributed by atoms with Gasteiger partial charge in [0.05, 0.1) is 5.56 Å². The molecule has 5 heteroatoms. The molecule has 0 radical (unpaired) electrons. The van der Waals surface area contributed by atoms with Gasteiger partial charge >= 0.3 is 0 Å². The largest absolute Gasteiger partial charge is 0.550 e. The van der Waals surface area contributed by atoms with Gasteiger partial charge < -0.3 is 20.3 Å². The molecule has 2 aromatic carbocycles. The number of unbranched alkanes of at least 4 members (excludes halogenated alkanes) is 2. The summed E-state index contributed by atoms with van der Waals surface area (Å²) in [6.07, 6.45) is 1.98. The standard InChI is InChI=1S/C17H19NO4/c19-15-11-13-7-4-3-6-12(13)10-14(15)17(22)18-9-5-1-2-8-16(20)21/h3-4,6-7,10-11,19H,1-2,5,8-9H2,(H,18,22)(H,20,21)/p-1. The van der Waals surface area contributed by atoms with Crippen molar-refractivity contribution in [3.63, 3.8) is 0 Å². The molecule has 0 atom stereocenters. The molecule has 2 N–H and O–H groups in total. The van der Waals surface area contributed by atoms with Crippen molar-refractivity contribution in [1.29, 1.82) is 0 Å². The van der Waals surface area contributed by atoms with Crippen LogP contribution in [-0.4, -0.2) is 23.5 Å². The Hall–Kier alpha value is -2.56. The Morgan fingerprint density at radius 2 is 1.73 bits per heavy atom. The first-order valence-electron chi connectivity index (χ1n) is 7.28. The van der Waals surface area contributed by atoms with Crippen LogP contribution in [0.25, 0.3) is 10.8 Å². The average molecular weight is 300 g/mol. The number of carboxylic acids is 1. The molecule has 0 spiro atoms. The number of benzene rings is 2. The molecule has 0 saturated heterocycles. The quantitative estimate of drug-likeness (QED) is 0.760. The fraction of sp³-hybridized carbons (Fsp3) is 0.294. The van der Waals surface area contributed by atoms with E-state index in [0.717, 1.165) is 10.8 Å². The van der Waals surface area contributed by atoms with Crippen molar-refractivity contribution in [3.05, 3.63) is 42.0 Å². The van der Waals surface area contributed by atoms with Crippen LogP contribution in [0.1, 0.15) is 36.0 Å². The average Bonchev–Trinajstić information content (AvgIpc) is 2.49. The van der Waals surface area contributed by atoms with Crippen molar-refractivity contribution >= 4 is 22.6 Å². The van der Waals surface area contributed by atoms with Gasteiger partial charge in [-0.1, -0.05) is 30.7 Å². The molecule has 1 amide bonds. The van der Waals surface area contributed by atoms with Crippen molar-refractivity contribution in [3.8, 4) is 5.75 Å². The van der Waals surface area contributed by atoms with Crippen molar-refractivity contribution in [2.45, 2.75) is 25.7 Å². The van der Waals surface area contributed by atoms with Crippen molar-refractivity contribution < 1.29 is 19.8 Å². The molecule has 0 fully saturated rings. The predicted molar refractivity (Wildman–Crippen MR) is 81.4 cm³/mol. The van der Waals surface area contributed by atoms with Crippen molar-refractivity contribution in [1.82, 2.24) is 5.32 Å². The van der Waals surface area contributed by atoms with Gasteiger partial charge in [-0.15, -0.1) is 0 Å². The maximum atomic E-state index is 12.1. The van der Waals surface area contributed by atoms with Crippen LogP contribution in [0.3, 0.4) is 0 Å². The number of phenolic OH excluding ortho intramolecular Hbond substituents is 1. The molecule has 0 unspecified atom stereocenters. The summed E-state index contributed by atoms with van der Waals surface area (Å²) < 4.78 is 0. The van der Waals surface area contributed by atoms with Gasteiger partial charge in [-0.3, -0.25) is 4.79 Å². The molecule has 116 valence electrons. The molecular weight excluding hydrogens is 282 g/mol. The summed E-state index contributed by atoms with van der Waals surface area (Å²) in [6, 6.07) is 10.7. The zero-order valence-electron chi connectivity index (χ0n) is 12.2. The topological polar surface area (TPSA) is 89.5 Å². The fourth-order valence-electron chi connectivity index (χ4n) is 2.28. The second-order valence-electron chi connectivity index (χ2n) is 5.16. The maximum Gasteiger partial charge on any atom is 0.255 e. The van der Waals surface area contributed by atoms with Crippen LogP contribution in [0.2, 0.25) is 0 Å². The highest BCUT2D eigenvalue weighted by molar-refractivity contribution is 6.01. The first-order chi connectivity index (χ1) is 10.6. The van der Waals surface area contributed by atoms with E-state index < -0.39 is 5.97 Å². The van der Waals surface area contributed by atoms with Gasteiger partial charge in [0, 0.05) is 12.5 Å². The summed E-state index contributed by atoms with van der Waals surface area (Å²) >= 11 is 0. The van der Waals surface area contributed by atoms with E-state index in [1.807, 2.05) is 24.3 Å². The lowest BCUT2D eigenvalue weighted by Gasteiger charge is -2.08. The highest BCUT2D eigenvalue weighted by Gasteiger charge is 2.11. The first-order valence-corrected chi connectivity index (χ1v) is 7.28. The number of amides is 1. The zero-order chi connectivity index (χ0) is 15.9. The summed E-state index contributed by atoms with van der Waals surface area (Å²) in [4.78, 5) is 22.3. The summed E-state index contributed by atoms with van der Waals surface area (Å²) in [5, 5.41) is 24.7. The number of nitrogens with one attached hydrogen (secondary N) is 1. The number of carbonyl (C=O) groups excluding carboxylic acids is 2. The normalized spacial score (nSPS) is 10.5. The Balaban J connectivity index is 1.90. The van der Waals surface area contributed by atoms with Gasteiger partial charge in [0.2, 0.25) is 0 Å². The van der Waals surface area contributed by atoms with E-state index in [4.69, 9.17) is 0 Å². The summed E-state index contributed by atoms with van der Waals surface area (Å²) in [5.74, 6) is -1.43. The zero-order valence-corrected chi connectivity index (χ0v) is 12.2. The SMILES string of the molecule is O=C([O-])CCCCCNC(=O)c1cc2ccccc2cc1O. The van der Waals surface area contributed by atoms with Crippen molar-refractivity contribution in [2.75, 3.05) is 6.54 Å². The van der Waals surface area contributed by atoms with Gasteiger partial charge in [0.15, 0.2) is 0 Å². The third-order valence-corrected chi connectivity index (χ3v) is 3.45. The lowest BCUT2D eigenvalue weighted by Crippen LogP contribution is -2.25. The molecule has 2 rings (SSSR count). The van der Waals surface area contributed by atoms with Crippen LogP contribution in [-0.2, 0) is 4.79 Å². The smallest absolute Gasteiger partial charge is 0.255 e. The number of phenols is 1. The van der Waals surface area contributed by atoms with Gasteiger partial charge in [-0.25, -0.2) is 0 Å². The molecule has 0 aliphatic carbocycles. The molecule has 0 bridgehead atoms. The van der Waals surface area contributed by atoms with Crippen LogP contribution in [0.5, 0.6) is 5.75 Å². The molecule has 0 heterocycles. The minimum Gasteiger partial charge on any atom is -0.550 e. The van der Waals surface area contributed by atoms with Crippen LogP contribution in [0.15, 0.2) is 36.4 Å². The molecule has 0 saturated carbocycles. The number of hydrogen-bond acceptors (Lipinski definition) is 4. The molecule has 2 aromatic rings. The first kappa shape index (κ1) is 15.8. The predicted octanol–water partition coefficient (Wildman–Crippen LogP) is 1.59. The van der Waals surface area contributed by atoms with Crippen LogP contribution in [0, 0.1) is 0 Å². The minimum absolute atomic E-state index is 0.0411. The second kappa shape index (κ2) is 7.45. The van der Waals surface area contributed by atoms with Crippen LogP contribution >= 0.6 is 0 Å². The number of aromatic hydroxyl groups is 1. The van der Waals surface area contributed by atoms with Crippen molar-refractivity contribution in [2.24, 2.45) is 0 Å². The van der Waals surface area contributed by atoms with Gasteiger partial charge in [-0.2, -0.15) is 0 Å². The molecule has 5 nitrogen and oxygen atoms in total. The van der Waals surface area contributed by atoms with E-state index in [1.165, 1.54) is 0 Å². The number of carbonyl (C=O) groups is 2. The molecule has 22 heavy (non-hydrogen) atoms. The van der Waals surface area contributed by atoms with Crippen LogP contribution in [0.4, 0.5) is 0 Å². The fourth-order valence-corrected chi connectivity index (χ4v) is 2.28. The Kier molecular flexibility index (Phi) is 5.36. The summed E-state index contributed by atoms with van der Waals surface area (Å²) in [5.41, 5.74) is 0.244. The lowest BCUT2D eigenvalue weighted by molar-refractivity contribution is -0.305. The highest BCUT2D eigenvalue weighted by Crippen LogP contribution is 2.24. The molecule has 0 aliphatic heterocycles. The van der Waals surface area contributed by atoms with Crippen LogP contribution < -0.4 is 10.4 Å². The monoisotopic (exact) mass is 300 g/mol. The Bertz CT molecular complexity index is 681. The lowest BCUT2D eigenvalue weighted by atomic mass is 10.1.